The lowest BCUT2D eigenvalue weighted by Crippen LogP contribution is -2.37. The number of hydrogen-bond acceptors (Lipinski definition) is 4. The first kappa shape index (κ1) is 12.2. The van der Waals surface area contributed by atoms with Gasteiger partial charge in [0.2, 0.25) is 10.3 Å². The van der Waals surface area contributed by atoms with Crippen LogP contribution in [0, 0.1) is 4.78 Å². The van der Waals surface area contributed by atoms with Crippen LogP contribution in [0.3, 0.4) is 0 Å². The Morgan fingerprint density at radius 1 is 1.40 bits per heavy atom. The Bertz CT molecular complexity index is 530. The molecule has 0 saturated heterocycles. The van der Waals surface area contributed by atoms with Crippen molar-refractivity contribution in [3.63, 3.8) is 0 Å². The molecule has 0 aromatic carbocycles. The van der Waals surface area contributed by atoms with Crippen molar-refractivity contribution in [2.75, 3.05) is 14.1 Å². The van der Waals surface area contributed by atoms with Crippen LogP contribution in [0.25, 0.3) is 0 Å². The molecule has 2 unspecified atom stereocenters. The highest BCUT2D eigenvalue weighted by molar-refractivity contribution is 7.93. The molecule has 0 fully saturated rings. The third-order valence-corrected chi connectivity index (χ3v) is 5.13. The molecule has 84 valence electrons. The van der Waals surface area contributed by atoms with Gasteiger partial charge in [-0.1, -0.05) is 18.2 Å². The molecule has 7 heteroatoms. The molecule has 0 bridgehead atoms. The smallest absolute Gasteiger partial charge is 0.218 e. The van der Waals surface area contributed by atoms with Crippen molar-refractivity contribution >= 4 is 25.1 Å². The van der Waals surface area contributed by atoms with E-state index in [1.54, 1.807) is 12.2 Å². The maximum atomic E-state index is 12.0. The summed E-state index contributed by atoms with van der Waals surface area (Å²) in [4.78, 5) is -0.00815. The van der Waals surface area contributed by atoms with Gasteiger partial charge >= 0.3 is 0 Å². The lowest BCUT2D eigenvalue weighted by molar-refractivity contribution is 0.588. The fraction of sp³-hybridized carbons (Fsp3) is 0.375. The van der Waals surface area contributed by atoms with Gasteiger partial charge in [-0.2, -0.15) is 8.42 Å². The first-order valence-electron chi connectivity index (χ1n) is 4.13. The zero-order chi connectivity index (χ0) is 11.6. The summed E-state index contributed by atoms with van der Waals surface area (Å²) < 4.78 is 42.6. The van der Waals surface area contributed by atoms with Gasteiger partial charge in [-0.3, -0.25) is 0 Å². The lowest BCUT2D eigenvalue weighted by Gasteiger charge is -2.22. The van der Waals surface area contributed by atoms with E-state index in [1.165, 1.54) is 30.6 Å². The molecular weight excluding hydrogens is 236 g/mol. The van der Waals surface area contributed by atoms with Gasteiger partial charge in [-0.15, -0.1) is 0 Å². The molecule has 0 radical (unpaired) electrons. The molecule has 0 aromatic rings. The van der Waals surface area contributed by atoms with Gasteiger partial charge in [0, 0.05) is 14.1 Å². The topological polar surface area (TPSA) is 78.3 Å². The molecule has 1 rings (SSSR count). The van der Waals surface area contributed by atoms with E-state index in [4.69, 9.17) is 4.78 Å². The van der Waals surface area contributed by atoms with Crippen LogP contribution in [0.5, 0.6) is 0 Å². The van der Waals surface area contributed by atoms with Gasteiger partial charge in [-0.05, 0) is 6.08 Å². The molecule has 15 heavy (non-hydrogen) atoms. The zero-order valence-electron chi connectivity index (χ0n) is 8.38. The van der Waals surface area contributed by atoms with E-state index in [-0.39, 0.29) is 4.86 Å². The summed E-state index contributed by atoms with van der Waals surface area (Å²) in [6.45, 7) is 0. The van der Waals surface area contributed by atoms with E-state index in [9.17, 15) is 12.6 Å². The molecule has 1 N–H and O–H groups in total. The molecule has 2 atom stereocenters. The molecule has 5 nitrogen and oxygen atoms in total. The van der Waals surface area contributed by atoms with Crippen molar-refractivity contribution in [3.8, 4) is 0 Å². The molecule has 0 aromatic heterocycles. The van der Waals surface area contributed by atoms with Gasteiger partial charge in [0.1, 0.15) is 15.2 Å². The van der Waals surface area contributed by atoms with Crippen molar-refractivity contribution < 1.29 is 12.6 Å². The van der Waals surface area contributed by atoms with Gasteiger partial charge in [-0.25, -0.2) is 13.3 Å². The number of nitrogens with zero attached hydrogens (tertiary/aromatic N) is 1. The number of nitrogens with one attached hydrogen (secondary N) is 1. The van der Waals surface area contributed by atoms with E-state index >= 15 is 0 Å². The Hall–Kier alpha value is -0.920. The van der Waals surface area contributed by atoms with E-state index in [0.717, 1.165) is 0 Å². The van der Waals surface area contributed by atoms with Crippen molar-refractivity contribution in [2.24, 2.45) is 0 Å². The first-order chi connectivity index (χ1) is 6.87. The van der Waals surface area contributed by atoms with Crippen LogP contribution in [0.1, 0.15) is 0 Å². The zero-order valence-corrected chi connectivity index (χ0v) is 10.0. The summed E-state index contributed by atoms with van der Waals surface area (Å²) in [6, 6.07) is 0. The maximum Gasteiger partial charge on any atom is 0.218 e. The van der Waals surface area contributed by atoms with Crippen LogP contribution in [0.15, 0.2) is 24.3 Å². The standard InChI is InChI=1S/C8H12N2O3S2/c1-10(2)15(9,13)8-6-4-3-5-7(8)14(11)12/h3-6,8-9H,1-2H3. The molecule has 0 amide bonds. The second-order valence-electron chi connectivity index (χ2n) is 3.18. The summed E-state index contributed by atoms with van der Waals surface area (Å²) in [6.07, 6.45) is 5.98. The third-order valence-electron chi connectivity index (χ3n) is 2.02. The Kier molecular flexibility index (Phi) is 3.48. The highest BCUT2D eigenvalue weighted by Crippen LogP contribution is 2.13. The summed E-state index contributed by atoms with van der Waals surface area (Å²) >= 11 is 0. The second-order valence-corrected chi connectivity index (χ2v) is 6.50. The fourth-order valence-corrected chi connectivity index (χ4v) is 3.38. The maximum absolute atomic E-state index is 12.0. The van der Waals surface area contributed by atoms with Crippen LogP contribution in [0.2, 0.25) is 0 Å². The van der Waals surface area contributed by atoms with Crippen LogP contribution in [-0.4, -0.2) is 41.1 Å². The number of hydrogen-bond donors (Lipinski definition) is 1. The molecule has 0 aliphatic heterocycles. The minimum atomic E-state index is -3.13. The summed E-state index contributed by atoms with van der Waals surface area (Å²) in [7, 11) is -2.59. The van der Waals surface area contributed by atoms with E-state index in [2.05, 4.69) is 0 Å². The Morgan fingerprint density at radius 3 is 2.47 bits per heavy atom. The van der Waals surface area contributed by atoms with Crippen molar-refractivity contribution in [1.29, 1.82) is 4.78 Å². The number of allylic oxidation sites excluding steroid dienone is 3. The lowest BCUT2D eigenvalue weighted by atomic mass is 10.2. The largest absolute Gasteiger partial charge is 0.239 e. The van der Waals surface area contributed by atoms with Crippen molar-refractivity contribution in [2.45, 2.75) is 5.25 Å². The normalized spacial score (nSPS) is 24.2. The minimum Gasteiger partial charge on any atom is -0.239 e. The van der Waals surface area contributed by atoms with Gasteiger partial charge in [0.25, 0.3) is 0 Å². The first-order valence-corrected chi connectivity index (χ1v) is 6.78. The molecule has 0 saturated carbocycles. The molecular formula is C8H12N2O3S2. The van der Waals surface area contributed by atoms with E-state index in [1.807, 2.05) is 0 Å². The second kappa shape index (κ2) is 4.30. The molecule has 0 heterocycles. The Balaban J connectivity index is 3.35. The van der Waals surface area contributed by atoms with Crippen LogP contribution >= 0.6 is 0 Å². The van der Waals surface area contributed by atoms with E-state index in [0.29, 0.717) is 0 Å². The predicted octanol–water partition coefficient (Wildman–Crippen LogP) is 0.0559. The average molecular weight is 248 g/mol. The third kappa shape index (κ3) is 2.36. The Morgan fingerprint density at radius 2 is 2.00 bits per heavy atom. The minimum absolute atomic E-state index is 0.00815. The predicted molar refractivity (Wildman–Crippen MR) is 60.5 cm³/mol. The average Bonchev–Trinajstić information content (AvgIpc) is 2.17. The summed E-state index contributed by atoms with van der Waals surface area (Å²) in [5, 5.41) is -0.893. The highest BCUT2D eigenvalue weighted by atomic mass is 32.2. The van der Waals surface area contributed by atoms with Crippen LogP contribution in [-0.2, 0) is 20.2 Å². The van der Waals surface area contributed by atoms with Crippen LogP contribution < -0.4 is 0 Å². The van der Waals surface area contributed by atoms with Crippen LogP contribution in [0.4, 0.5) is 0 Å². The molecule has 1 aliphatic rings. The quantitative estimate of drug-likeness (QED) is 0.702. The summed E-state index contributed by atoms with van der Waals surface area (Å²) in [5.41, 5.74) is 0. The van der Waals surface area contributed by atoms with Crippen molar-refractivity contribution in [1.82, 2.24) is 4.31 Å². The molecule has 0 spiro atoms. The summed E-state index contributed by atoms with van der Waals surface area (Å²) in [5.74, 6) is 0. The monoisotopic (exact) mass is 248 g/mol. The Labute approximate surface area is 90.7 Å². The number of rotatable bonds is 2. The van der Waals surface area contributed by atoms with E-state index < -0.39 is 25.5 Å². The van der Waals surface area contributed by atoms with Crippen molar-refractivity contribution in [3.05, 3.63) is 24.3 Å². The fourth-order valence-electron chi connectivity index (χ4n) is 1.15. The van der Waals surface area contributed by atoms with Gasteiger partial charge in [0.05, 0.1) is 4.86 Å². The highest BCUT2D eigenvalue weighted by Gasteiger charge is 2.27. The van der Waals surface area contributed by atoms with Gasteiger partial charge in [0.15, 0.2) is 0 Å². The van der Waals surface area contributed by atoms with Gasteiger partial charge < -0.3 is 0 Å². The molecule has 1 aliphatic carbocycles. The SMILES string of the molecule is CN(C)S(=N)(=O)C1C=CC=CC1=S(=O)=O.